The highest BCUT2D eigenvalue weighted by Crippen LogP contribution is 2.34. The van der Waals surface area contributed by atoms with Crippen LogP contribution in [0.25, 0.3) is 55.8 Å². The molecule has 4 heterocycles. The fraction of sp³-hybridized carbons (Fsp3) is 0.314. The van der Waals surface area contributed by atoms with Crippen LogP contribution in [0.3, 0.4) is 0 Å². The SMILES string of the molecule is CN(C)CCNc1cc(F)cc(-c2ccnc3nc(-c4[nH]nc5c(F)cc(-c6cncc(CNCC7CCCC7)c6)cc45)[nH]c23)c1. The first-order chi connectivity index (χ1) is 22.4. The van der Waals surface area contributed by atoms with Crippen LogP contribution >= 0.6 is 0 Å². The van der Waals surface area contributed by atoms with Crippen LogP contribution in [-0.2, 0) is 6.54 Å². The van der Waals surface area contributed by atoms with E-state index in [9.17, 15) is 4.39 Å². The number of imidazole rings is 1. The molecule has 46 heavy (non-hydrogen) atoms. The average molecular weight is 622 g/mol. The first-order valence-electron chi connectivity index (χ1n) is 15.8. The van der Waals surface area contributed by atoms with E-state index in [2.05, 4.69) is 46.7 Å². The van der Waals surface area contributed by atoms with Crippen molar-refractivity contribution in [1.29, 1.82) is 0 Å². The number of H-pyrrole nitrogens is 2. The van der Waals surface area contributed by atoms with Crippen molar-refractivity contribution in [3.63, 3.8) is 0 Å². The van der Waals surface area contributed by atoms with Crippen molar-refractivity contribution in [2.24, 2.45) is 5.92 Å². The molecule has 7 rings (SSSR count). The molecule has 1 aliphatic carbocycles. The van der Waals surface area contributed by atoms with E-state index in [1.54, 1.807) is 12.4 Å². The molecule has 4 N–H and O–H groups in total. The highest BCUT2D eigenvalue weighted by molar-refractivity contribution is 5.98. The third-order valence-corrected chi connectivity index (χ3v) is 8.70. The van der Waals surface area contributed by atoms with Gasteiger partial charge in [-0.25, -0.2) is 18.7 Å². The molecule has 1 saturated carbocycles. The molecule has 9 nitrogen and oxygen atoms in total. The molecule has 0 spiro atoms. The Labute approximate surface area is 265 Å². The second kappa shape index (κ2) is 12.9. The fourth-order valence-electron chi connectivity index (χ4n) is 6.34. The third-order valence-electron chi connectivity index (χ3n) is 8.70. The number of anilines is 1. The summed E-state index contributed by atoms with van der Waals surface area (Å²) in [5, 5.41) is 14.7. The van der Waals surface area contributed by atoms with Crippen LogP contribution in [0.4, 0.5) is 14.5 Å². The molecule has 11 heteroatoms. The minimum absolute atomic E-state index is 0.216. The maximum Gasteiger partial charge on any atom is 0.178 e. The van der Waals surface area contributed by atoms with Crippen molar-refractivity contribution >= 4 is 27.8 Å². The number of pyridine rings is 2. The van der Waals surface area contributed by atoms with E-state index < -0.39 is 5.82 Å². The van der Waals surface area contributed by atoms with E-state index in [4.69, 9.17) is 4.98 Å². The van der Waals surface area contributed by atoms with Gasteiger partial charge >= 0.3 is 0 Å². The number of nitrogens with one attached hydrogen (secondary N) is 4. The summed E-state index contributed by atoms with van der Waals surface area (Å²) in [5.74, 6) is 0.417. The van der Waals surface area contributed by atoms with E-state index >= 15 is 4.39 Å². The Morgan fingerprint density at radius 1 is 0.978 bits per heavy atom. The summed E-state index contributed by atoms with van der Waals surface area (Å²) in [6, 6.07) is 12.2. The zero-order valence-corrected chi connectivity index (χ0v) is 26.0. The van der Waals surface area contributed by atoms with Gasteiger partial charge < -0.3 is 20.5 Å². The van der Waals surface area contributed by atoms with E-state index in [1.165, 1.54) is 43.9 Å². The van der Waals surface area contributed by atoms with Gasteiger partial charge in [0.15, 0.2) is 17.3 Å². The lowest BCUT2D eigenvalue weighted by molar-refractivity contribution is 0.425. The molecular formula is C35H37F2N9. The summed E-state index contributed by atoms with van der Waals surface area (Å²) < 4.78 is 30.2. The van der Waals surface area contributed by atoms with Gasteiger partial charge in [-0.15, -0.1) is 0 Å². The fourth-order valence-corrected chi connectivity index (χ4v) is 6.34. The maximum absolute atomic E-state index is 15.4. The van der Waals surface area contributed by atoms with E-state index in [0.29, 0.717) is 58.0 Å². The van der Waals surface area contributed by atoms with Crippen molar-refractivity contribution in [2.45, 2.75) is 32.2 Å². The number of fused-ring (bicyclic) bond motifs is 2. The summed E-state index contributed by atoms with van der Waals surface area (Å²) in [4.78, 5) is 19.0. The molecule has 0 atom stereocenters. The van der Waals surface area contributed by atoms with Gasteiger partial charge in [-0.2, -0.15) is 5.10 Å². The predicted octanol–water partition coefficient (Wildman–Crippen LogP) is 6.76. The van der Waals surface area contributed by atoms with Crippen LogP contribution < -0.4 is 10.6 Å². The van der Waals surface area contributed by atoms with E-state index in [1.807, 2.05) is 38.5 Å². The summed E-state index contributed by atoms with van der Waals surface area (Å²) in [6.07, 6.45) is 10.5. The topological polar surface area (TPSA) is 110 Å². The number of nitrogens with zero attached hydrogens (tertiary/aromatic N) is 5. The summed E-state index contributed by atoms with van der Waals surface area (Å²) in [7, 11) is 3.98. The molecular weight excluding hydrogens is 584 g/mol. The molecule has 0 amide bonds. The lowest BCUT2D eigenvalue weighted by Crippen LogP contribution is -2.20. The smallest absolute Gasteiger partial charge is 0.178 e. The molecule has 1 aliphatic rings. The molecule has 1 fully saturated rings. The van der Waals surface area contributed by atoms with Crippen molar-refractivity contribution < 1.29 is 8.78 Å². The Morgan fingerprint density at radius 3 is 2.70 bits per heavy atom. The van der Waals surface area contributed by atoms with Crippen LogP contribution in [0.2, 0.25) is 0 Å². The molecule has 0 saturated heterocycles. The summed E-state index contributed by atoms with van der Waals surface area (Å²) in [5.41, 5.74) is 6.54. The molecule has 6 aromatic rings. The number of halogens is 2. The second-order valence-corrected chi connectivity index (χ2v) is 12.4. The minimum Gasteiger partial charge on any atom is -0.384 e. The molecule has 2 aromatic carbocycles. The molecule has 236 valence electrons. The second-order valence-electron chi connectivity index (χ2n) is 12.4. The van der Waals surface area contributed by atoms with Gasteiger partial charge in [-0.1, -0.05) is 12.8 Å². The number of rotatable bonds is 11. The highest BCUT2D eigenvalue weighted by Gasteiger charge is 2.19. The Morgan fingerprint density at radius 2 is 1.85 bits per heavy atom. The number of benzene rings is 2. The molecule has 4 aromatic heterocycles. The lowest BCUT2D eigenvalue weighted by Gasteiger charge is -2.13. The van der Waals surface area contributed by atoms with Gasteiger partial charge in [0.05, 0.1) is 5.52 Å². The van der Waals surface area contributed by atoms with Gasteiger partial charge in [-0.05, 0) is 98.6 Å². The van der Waals surface area contributed by atoms with Crippen LogP contribution in [0.5, 0.6) is 0 Å². The standard InChI is InChI=1S/C35H37F2N9/c1-46(2)10-9-40-27-13-24(12-26(36)16-27)28-7-8-41-34-32(28)42-35(43-34)33-29-14-23(15-30(37)31(29)44-45-33)25-11-22(19-39-20-25)18-38-17-21-5-3-4-6-21/h7-8,11-16,19-21,38,40H,3-6,9-10,17-18H2,1-2H3,(H,44,45)(H,41,42,43). The van der Waals surface area contributed by atoms with Crippen molar-refractivity contribution in [3.8, 4) is 33.8 Å². The Kier molecular flexibility index (Phi) is 8.42. The zero-order chi connectivity index (χ0) is 31.6. The highest BCUT2D eigenvalue weighted by atomic mass is 19.1. The van der Waals surface area contributed by atoms with Gasteiger partial charge in [-0.3, -0.25) is 10.1 Å². The van der Waals surface area contributed by atoms with Gasteiger partial charge in [0.1, 0.15) is 17.0 Å². The minimum atomic E-state index is -0.441. The maximum atomic E-state index is 15.4. The predicted molar refractivity (Wildman–Crippen MR) is 178 cm³/mol. The van der Waals surface area contributed by atoms with Crippen molar-refractivity contribution in [2.75, 3.05) is 39.0 Å². The van der Waals surface area contributed by atoms with Crippen LogP contribution in [0.1, 0.15) is 31.2 Å². The molecule has 0 unspecified atom stereocenters. The van der Waals surface area contributed by atoms with Crippen molar-refractivity contribution in [3.05, 3.63) is 78.3 Å². The Hall–Kier alpha value is -4.74. The van der Waals surface area contributed by atoms with Crippen LogP contribution in [0, 0.1) is 17.6 Å². The van der Waals surface area contributed by atoms with Crippen LogP contribution in [0.15, 0.2) is 61.1 Å². The normalized spacial score (nSPS) is 13.8. The molecule has 0 radical (unpaired) electrons. The number of aromatic amines is 2. The van der Waals surface area contributed by atoms with Gasteiger partial charge in [0.25, 0.3) is 0 Å². The van der Waals surface area contributed by atoms with E-state index in [-0.39, 0.29) is 11.3 Å². The largest absolute Gasteiger partial charge is 0.384 e. The molecule has 0 bridgehead atoms. The lowest BCUT2D eigenvalue weighted by atomic mass is 10.0. The molecule has 0 aliphatic heterocycles. The van der Waals surface area contributed by atoms with E-state index in [0.717, 1.165) is 35.7 Å². The Bertz CT molecular complexity index is 1990. The first-order valence-corrected chi connectivity index (χ1v) is 15.8. The quantitative estimate of drug-likeness (QED) is 0.127. The average Bonchev–Trinajstić information content (AvgIpc) is 3.81. The summed E-state index contributed by atoms with van der Waals surface area (Å²) in [6.45, 7) is 3.21. The zero-order valence-electron chi connectivity index (χ0n) is 26.0. The number of hydrogen-bond donors (Lipinski definition) is 4. The monoisotopic (exact) mass is 621 g/mol. The first kappa shape index (κ1) is 29.9. The van der Waals surface area contributed by atoms with Crippen molar-refractivity contribution in [1.82, 2.24) is 40.3 Å². The summed E-state index contributed by atoms with van der Waals surface area (Å²) >= 11 is 0. The van der Waals surface area contributed by atoms with Crippen LogP contribution in [-0.4, -0.2) is 68.8 Å². The third kappa shape index (κ3) is 6.33. The Balaban J connectivity index is 1.19. The van der Waals surface area contributed by atoms with Gasteiger partial charge in [0.2, 0.25) is 0 Å². The number of aromatic nitrogens is 6. The number of likely N-dealkylation sites (N-methyl/N-ethyl adjacent to an activating group) is 1. The number of hydrogen-bond acceptors (Lipinski definition) is 7. The van der Waals surface area contributed by atoms with Gasteiger partial charge in [0, 0.05) is 60.4 Å².